The van der Waals surface area contributed by atoms with Crippen LogP contribution in [-0.4, -0.2) is 24.7 Å². The van der Waals surface area contributed by atoms with Crippen molar-refractivity contribution < 1.29 is 14.3 Å². The van der Waals surface area contributed by atoms with Crippen molar-refractivity contribution in [3.05, 3.63) is 54.1 Å². The summed E-state index contributed by atoms with van der Waals surface area (Å²) < 4.78 is 5.49. The number of anilines is 2. The summed E-state index contributed by atoms with van der Waals surface area (Å²) >= 11 is 1.57. The monoisotopic (exact) mass is 410 g/mol. The molecule has 0 unspecified atom stereocenters. The first kappa shape index (κ1) is 19.8. The summed E-state index contributed by atoms with van der Waals surface area (Å²) in [5.74, 6) is 1.28. The Balaban J connectivity index is 1.63. The predicted octanol–water partition coefficient (Wildman–Crippen LogP) is 4.99. The number of amides is 2. The highest BCUT2D eigenvalue weighted by Gasteiger charge is 2.37. The summed E-state index contributed by atoms with van der Waals surface area (Å²) in [5.41, 5.74) is 2.48. The van der Waals surface area contributed by atoms with Crippen molar-refractivity contribution in [1.29, 1.82) is 0 Å². The van der Waals surface area contributed by atoms with Crippen LogP contribution in [0.1, 0.15) is 43.0 Å². The van der Waals surface area contributed by atoms with Gasteiger partial charge < -0.3 is 10.1 Å². The van der Waals surface area contributed by atoms with E-state index in [-0.39, 0.29) is 23.1 Å². The van der Waals surface area contributed by atoms with Gasteiger partial charge in [-0.1, -0.05) is 49.6 Å². The number of hydrogen-bond donors (Lipinski definition) is 1. The third kappa shape index (κ3) is 4.13. The molecule has 4 rings (SSSR count). The van der Waals surface area contributed by atoms with Crippen molar-refractivity contribution in [2.45, 2.75) is 37.5 Å². The van der Waals surface area contributed by atoms with Crippen LogP contribution in [0.4, 0.5) is 11.4 Å². The predicted molar refractivity (Wildman–Crippen MR) is 117 cm³/mol. The molecule has 1 saturated carbocycles. The smallest absolute Gasteiger partial charge is 0.238 e. The minimum Gasteiger partial charge on any atom is -0.495 e. The van der Waals surface area contributed by atoms with Crippen LogP contribution in [0.2, 0.25) is 0 Å². The molecule has 1 heterocycles. The Morgan fingerprint density at radius 3 is 2.59 bits per heavy atom. The summed E-state index contributed by atoms with van der Waals surface area (Å²) in [6, 6.07) is 15.4. The van der Waals surface area contributed by atoms with E-state index in [1.54, 1.807) is 23.8 Å². The van der Waals surface area contributed by atoms with Crippen LogP contribution in [0.3, 0.4) is 0 Å². The van der Waals surface area contributed by atoms with Gasteiger partial charge in [-0.05, 0) is 31.0 Å². The molecule has 0 spiro atoms. The lowest BCUT2D eigenvalue weighted by Crippen LogP contribution is -2.29. The number of methoxy groups -OCH3 is 1. The molecule has 0 aromatic heterocycles. The van der Waals surface area contributed by atoms with Gasteiger partial charge in [-0.2, -0.15) is 0 Å². The van der Waals surface area contributed by atoms with E-state index in [4.69, 9.17) is 4.74 Å². The zero-order valence-electron chi connectivity index (χ0n) is 16.6. The molecule has 5 nitrogen and oxygen atoms in total. The van der Waals surface area contributed by atoms with Crippen LogP contribution in [0, 0.1) is 5.92 Å². The van der Waals surface area contributed by atoms with Crippen LogP contribution >= 0.6 is 11.8 Å². The first-order chi connectivity index (χ1) is 14.2. The largest absolute Gasteiger partial charge is 0.495 e. The fourth-order valence-electron chi connectivity index (χ4n) is 4.17. The molecule has 1 saturated heterocycles. The highest BCUT2D eigenvalue weighted by Crippen LogP contribution is 2.46. The van der Waals surface area contributed by atoms with Gasteiger partial charge in [0.1, 0.15) is 11.1 Å². The molecule has 1 aliphatic heterocycles. The number of benzene rings is 2. The molecule has 1 N–H and O–H groups in total. The lowest BCUT2D eigenvalue weighted by Gasteiger charge is -2.28. The van der Waals surface area contributed by atoms with E-state index >= 15 is 0 Å². The van der Waals surface area contributed by atoms with Gasteiger partial charge in [0.25, 0.3) is 0 Å². The molecule has 1 atom stereocenters. The van der Waals surface area contributed by atoms with E-state index in [0.717, 1.165) is 42.6 Å². The Hall–Kier alpha value is -2.47. The molecule has 2 aliphatic rings. The zero-order valence-corrected chi connectivity index (χ0v) is 17.4. The normalized spacial score (nSPS) is 20.0. The number of thioether (sulfide) groups is 1. The quantitative estimate of drug-likeness (QED) is 0.754. The highest BCUT2D eigenvalue weighted by atomic mass is 32.2. The maximum Gasteiger partial charge on any atom is 0.238 e. The SMILES string of the molecule is COc1ccccc1N1C(=O)CS[C@@H]1c1ccccc1NC(=O)C1CCCCC1. The maximum absolute atomic E-state index is 12.8. The zero-order chi connectivity index (χ0) is 20.2. The lowest BCUT2D eigenvalue weighted by molar-refractivity contribution is -0.120. The highest BCUT2D eigenvalue weighted by molar-refractivity contribution is 8.00. The molecule has 2 amide bonds. The summed E-state index contributed by atoms with van der Waals surface area (Å²) in [6.07, 6.45) is 5.37. The van der Waals surface area contributed by atoms with Crippen LogP contribution < -0.4 is 15.0 Å². The molecule has 0 bridgehead atoms. The molecule has 2 aromatic rings. The van der Waals surface area contributed by atoms with Crippen molar-refractivity contribution in [2.24, 2.45) is 5.92 Å². The number of para-hydroxylation sites is 3. The Kier molecular flexibility index (Phi) is 6.09. The number of carbonyl (C=O) groups is 2. The van der Waals surface area contributed by atoms with Crippen molar-refractivity contribution in [3.8, 4) is 5.75 Å². The van der Waals surface area contributed by atoms with Crippen LogP contribution in [-0.2, 0) is 9.59 Å². The molecule has 29 heavy (non-hydrogen) atoms. The van der Waals surface area contributed by atoms with E-state index < -0.39 is 0 Å². The standard InChI is InChI=1S/C23H26N2O3S/c1-28-20-14-8-7-13-19(20)25-21(26)15-29-23(25)17-11-5-6-12-18(17)24-22(27)16-9-3-2-4-10-16/h5-8,11-14,16,23H,2-4,9-10,15H2,1H3,(H,24,27)/t23-/m1/s1. The van der Waals surface area contributed by atoms with Gasteiger partial charge in [-0.15, -0.1) is 11.8 Å². The van der Waals surface area contributed by atoms with Gasteiger partial charge in [0.05, 0.1) is 18.6 Å². The summed E-state index contributed by atoms with van der Waals surface area (Å²) in [7, 11) is 1.61. The van der Waals surface area contributed by atoms with Crippen LogP contribution in [0.5, 0.6) is 5.75 Å². The second-order valence-electron chi connectivity index (χ2n) is 7.51. The third-order valence-electron chi connectivity index (χ3n) is 5.67. The Bertz CT molecular complexity index is 895. The van der Waals surface area contributed by atoms with Crippen molar-refractivity contribution in [2.75, 3.05) is 23.1 Å². The average molecular weight is 411 g/mol. The van der Waals surface area contributed by atoms with Crippen molar-refractivity contribution in [3.63, 3.8) is 0 Å². The molecule has 152 valence electrons. The minimum absolute atomic E-state index is 0.0397. The van der Waals surface area contributed by atoms with Crippen LogP contribution in [0.15, 0.2) is 48.5 Å². The van der Waals surface area contributed by atoms with E-state index in [2.05, 4.69) is 5.32 Å². The average Bonchev–Trinajstić information content (AvgIpc) is 3.15. The molecular formula is C23H26N2O3S. The van der Waals surface area contributed by atoms with Gasteiger partial charge in [-0.25, -0.2) is 0 Å². The van der Waals surface area contributed by atoms with Crippen LogP contribution in [0.25, 0.3) is 0 Å². The summed E-state index contributed by atoms with van der Waals surface area (Å²) in [6.45, 7) is 0. The van der Waals surface area contributed by atoms with Gasteiger partial charge in [0, 0.05) is 17.2 Å². The van der Waals surface area contributed by atoms with E-state index in [9.17, 15) is 9.59 Å². The van der Waals surface area contributed by atoms with Crippen molar-refractivity contribution in [1.82, 2.24) is 0 Å². The second kappa shape index (κ2) is 8.91. The number of hydrogen-bond acceptors (Lipinski definition) is 4. The molecule has 1 aliphatic carbocycles. The van der Waals surface area contributed by atoms with Gasteiger partial charge >= 0.3 is 0 Å². The third-order valence-corrected chi connectivity index (χ3v) is 6.87. The molecule has 2 fully saturated rings. The van der Waals surface area contributed by atoms with Crippen molar-refractivity contribution >= 4 is 35.0 Å². The Labute approximate surface area is 175 Å². The topological polar surface area (TPSA) is 58.6 Å². The minimum atomic E-state index is -0.207. The maximum atomic E-state index is 12.8. The van der Waals surface area contributed by atoms with Gasteiger partial charge in [-0.3, -0.25) is 14.5 Å². The Morgan fingerprint density at radius 1 is 1.07 bits per heavy atom. The number of carbonyl (C=O) groups excluding carboxylic acids is 2. The number of ether oxygens (including phenoxy) is 1. The van der Waals surface area contributed by atoms with Gasteiger partial charge in [0.2, 0.25) is 11.8 Å². The molecule has 6 heteroatoms. The molecule has 2 aromatic carbocycles. The first-order valence-electron chi connectivity index (χ1n) is 10.2. The lowest BCUT2D eigenvalue weighted by atomic mass is 9.88. The second-order valence-corrected chi connectivity index (χ2v) is 8.58. The van der Waals surface area contributed by atoms with E-state index in [1.165, 1.54) is 6.42 Å². The Morgan fingerprint density at radius 2 is 1.79 bits per heavy atom. The number of rotatable bonds is 5. The number of nitrogens with zero attached hydrogens (tertiary/aromatic N) is 1. The molecular weight excluding hydrogens is 384 g/mol. The van der Waals surface area contributed by atoms with Gasteiger partial charge in [0.15, 0.2) is 0 Å². The molecule has 0 radical (unpaired) electrons. The summed E-state index contributed by atoms with van der Waals surface area (Å²) in [5, 5.41) is 2.94. The fraction of sp³-hybridized carbons (Fsp3) is 0.391. The number of nitrogens with one attached hydrogen (secondary N) is 1. The summed E-state index contributed by atoms with van der Waals surface area (Å²) in [4.78, 5) is 27.4. The van der Waals surface area contributed by atoms with E-state index in [0.29, 0.717) is 11.5 Å². The first-order valence-corrected chi connectivity index (χ1v) is 11.2. The van der Waals surface area contributed by atoms with E-state index in [1.807, 2.05) is 48.5 Å². The fourth-order valence-corrected chi connectivity index (χ4v) is 5.37.